The smallest absolute Gasteiger partial charge is 0.254 e. The molecule has 2 amide bonds. The lowest BCUT2D eigenvalue weighted by atomic mass is 9.81. The quantitative estimate of drug-likeness (QED) is 0.853. The van der Waals surface area contributed by atoms with E-state index in [0.29, 0.717) is 25.1 Å². The molecule has 1 saturated carbocycles. The van der Waals surface area contributed by atoms with Crippen LogP contribution in [0.1, 0.15) is 41.5 Å². The number of nitrogens with zero attached hydrogens (tertiary/aromatic N) is 3. The van der Waals surface area contributed by atoms with Gasteiger partial charge in [0.2, 0.25) is 5.91 Å². The van der Waals surface area contributed by atoms with Gasteiger partial charge in [0, 0.05) is 50.5 Å². The predicted octanol–water partition coefficient (Wildman–Crippen LogP) is 1.86. The lowest BCUT2D eigenvalue weighted by Crippen LogP contribution is -2.63. The van der Waals surface area contributed by atoms with Gasteiger partial charge in [0.05, 0.1) is 17.7 Å². The molecule has 1 aromatic carbocycles. The van der Waals surface area contributed by atoms with Gasteiger partial charge >= 0.3 is 0 Å². The van der Waals surface area contributed by atoms with Crippen LogP contribution in [0, 0.1) is 11.7 Å². The summed E-state index contributed by atoms with van der Waals surface area (Å²) in [5.41, 5.74) is 0.0905. The van der Waals surface area contributed by atoms with E-state index in [2.05, 4.69) is 14.9 Å². The summed E-state index contributed by atoms with van der Waals surface area (Å²) in [5, 5.41) is 3.14. The minimum Gasteiger partial charge on any atom is -0.381 e. The first-order valence-corrected chi connectivity index (χ1v) is 9.91. The largest absolute Gasteiger partial charge is 0.381 e. The maximum absolute atomic E-state index is 13.5. The number of ether oxygens (including phenoxy) is 1. The fourth-order valence-electron chi connectivity index (χ4n) is 4.81. The molecule has 29 heavy (non-hydrogen) atoms. The molecule has 0 bridgehead atoms. The van der Waals surface area contributed by atoms with Crippen LogP contribution in [0.3, 0.4) is 0 Å². The monoisotopic (exact) mass is 398 g/mol. The Labute approximate surface area is 167 Å². The van der Waals surface area contributed by atoms with Gasteiger partial charge < -0.3 is 19.5 Å². The Kier molecular flexibility index (Phi) is 4.20. The molecule has 5 rings (SSSR count). The highest BCUT2D eigenvalue weighted by molar-refractivity contribution is 5.95. The molecule has 1 spiro atoms. The van der Waals surface area contributed by atoms with E-state index in [1.165, 1.54) is 12.1 Å². The van der Waals surface area contributed by atoms with Gasteiger partial charge in [-0.3, -0.25) is 9.59 Å². The zero-order valence-corrected chi connectivity index (χ0v) is 16.2. The summed E-state index contributed by atoms with van der Waals surface area (Å²) in [6.07, 6.45) is 6.04. The average Bonchev–Trinajstić information content (AvgIpc) is 3.22. The first-order valence-electron chi connectivity index (χ1n) is 9.91. The first kappa shape index (κ1) is 18.3. The summed E-state index contributed by atoms with van der Waals surface area (Å²) in [6.45, 7) is 1.04. The number of carbonyl (C=O) groups excluding carboxylic acids is 2. The molecule has 7 nitrogen and oxygen atoms in total. The second-order valence-corrected chi connectivity index (χ2v) is 8.34. The molecule has 1 aromatic heterocycles. The van der Waals surface area contributed by atoms with E-state index in [0.717, 1.165) is 18.7 Å². The van der Waals surface area contributed by atoms with Crippen molar-refractivity contribution >= 4 is 11.8 Å². The van der Waals surface area contributed by atoms with Gasteiger partial charge in [-0.25, -0.2) is 9.37 Å². The number of methoxy groups -OCH3 is 1. The highest BCUT2D eigenvalue weighted by Gasteiger charge is 2.54. The second-order valence-electron chi connectivity index (χ2n) is 8.34. The Hall–Kier alpha value is -2.74. The highest BCUT2D eigenvalue weighted by Crippen LogP contribution is 2.45. The molecule has 1 unspecified atom stereocenters. The molecule has 3 heterocycles. The lowest BCUT2D eigenvalue weighted by Gasteiger charge is -2.49. The molecule has 2 aliphatic heterocycles. The summed E-state index contributed by atoms with van der Waals surface area (Å²) in [4.78, 5) is 31.4. The number of carbonyl (C=O) groups is 2. The number of fused-ring (bicyclic) bond motifs is 2. The molecule has 3 aliphatic rings. The Bertz CT molecular complexity index is 962. The van der Waals surface area contributed by atoms with Crippen LogP contribution < -0.4 is 5.32 Å². The van der Waals surface area contributed by atoms with Crippen LogP contribution in [0.2, 0.25) is 0 Å². The van der Waals surface area contributed by atoms with Crippen molar-refractivity contribution in [1.82, 2.24) is 19.8 Å². The number of rotatable bonds is 4. The van der Waals surface area contributed by atoms with Crippen LogP contribution in [-0.4, -0.2) is 52.6 Å². The van der Waals surface area contributed by atoms with Crippen LogP contribution in [0.15, 0.2) is 36.7 Å². The standard InChI is InChI=1S/C21H23FN4O3/c1-29-16-8-14(9-16)19(27)24-17-10-21(26-6-5-23-18(17)26)11-25(12-21)20(28)13-3-2-4-15(22)7-13/h2-7,14,16-17H,8-12H2,1H3,(H,24,27). The molecule has 0 radical (unpaired) electrons. The predicted molar refractivity (Wildman–Crippen MR) is 102 cm³/mol. The Morgan fingerprint density at radius 2 is 2.10 bits per heavy atom. The van der Waals surface area contributed by atoms with Crippen molar-refractivity contribution in [3.05, 3.63) is 53.9 Å². The minimum absolute atomic E-state index is 0.00708. The molecule has 2 aromatic rings. The van der Waals surface area contributed by atoms with Crippen molar-refractivity contribution in [2.75, 3.05) is 20.2 Å². The van der Waals surface area contributed by atoms with Crippen molar-refractivity contribution in [1.29, 1.82) is 0 Å². The van der Waals surface area contributed by atoms with Crippen LogP contribution in [0.4, 0.5) is 4.39 Å². The Morgan fingerprint density at radius 1 is 1.31 bits per heavy atom. The zero-order valence-electron chi connectivity index (χ0n) is 16.2. The number of imidazole rings is 1. The summed E-state index contributed by atoms with van der Waals surface area (Å²) in [7, 11) is 1.67. The van der Waals surface area contributed by atoms with Crippen molar-refractivity contribution in [2.45, 2.75) is 36.9 Å². The summed E-state index contributed by atoms with van der Waals surface area (Å²) < 4.78 is 20.8. The SMILES string of the molecule is COC1CC(C(=O)NC2CC3(CN(C(=O)c4cccc(F)c4)C3)n3ccnc32)C1. The van der Waals surface area contributed by atoms with E-state index in [4.69, 9.17) is 4.74 Å². The number of halogens is 1. The molecule has 1 aliphatic carbocycles. The number of amides is 2. The third-order valence-electron chi connectivity index (χ3n) is 6.52. The zero-order chi connectivity index (χ0) is 20.2. The van der Waals surface area contributed by atoms with Crippen LogP contribution in [0.25, 0.3) is 0 Å². The Morgan fingerprint density at radius 3 is 2.83 bits per heavy atom. The number of hydrogen-bond donors (Lipinski definition) is 1. The van der Waals surface area contributed by atoms with Crippen molar-refractivity contribution in [3.63, 3.8) is 0 Å². The van der Waals surface area contributed by atoms with E-state index in [9.17, 15) is 14.0 Å². The van der Waals surface area contributed by atoms with Crippen molar-refractivity contribution in [3.8, 4) is 0 Å². The van der Waals surface area contributed by atoms with Crippen molar-refractivity contribution in [2.24, 2.45) is 5.92 Å². The maximum Gasteiger partial charge on any atom is 0.254 e. The van der Waals surface area contributed by atoms with Gasteiger partial charge in [-0.2, -0.15) is 0 Å². The van der Waals surface area contributed by atoms with Gasteiger partial charge in [0.25, 0.3) is 5.91 Å². The number of nitrogens with one attached hydrogen (secondary N) is 1. The van der Waals surface area contributed by atoms with E-state index >= 15 is 0 Å². The summed E-state index contributed by atoms with van der Waals surface area (Å²) in [6, 6.07) is 5.60. The van der Waals surface area contributed by atoms with Crippen LogP contribution >= 0.6 is 0 Å². The van der Waals surface area contributed by atoms with Gasteiger partial charge in [0.1, 0.15) is 11.6 Å². The van der Waals surface area contributed by atoms with Gasteiger partial charge in [-0.1, -0.05) is 6.07 Å². The summed E-state index contributed by atoms with van der Waals surface area (Å²) >= 11 is 0. The maximum atomic E-state index is 13.5. The lowest BCUT2D eigenvalue weighted by molar-refractivity contribution is -0.133. The Balaban J connectivity index is 1.26. The van der Waals surface area contributed by atoms with E-state index in [1.54, 1.807) is 30.3 Å². The highest BCUT2D eigenvalue weighted by atomic mass is 19.1. The molecule has 8 heteroatoms. The second kappa shape index (κ2) is 6.66. The van der Waals surface area contributed by atoms with Gasteiger partial charge in [-0.15, -0.1) is 0 Å². The van der Waals surface area contributed by atoms with Gasteiger partial charge in [-0.05, 0) is 31.0 Å². The van der Waals surface area contributed by atoms with E-state index in [-0.39, 0.29) is 35.4 Å². The summed E-state index contributed by atoms with van der Waals surface area (Å²) in [5.74, 6) is 0.274. The van der Waals surface area contributed by atoms with Crippen LogP contribution in [0.5, 0.6) is 0 Å². The molecule has 1 saturated heterocycles. The van der Waals surface area contributed by atoms with Gasteiger partial charge in [0.15, 0.2) is 0 Å². The number of aromatic nitrogens is 2. The number of benzene rings is 1. The topological polar surface area (TPSA) is 76.5 Å². The molecular weight excluding hydrogens is 375 g/mol. The molecule has 2 fully saturated rings. The van der Waals surface area contributed by atoms with E-state index in [1.807, 2.05) is 6.20 Å². The average molecular weight is 398 g/mol. The number of likely N-dealkylation sites (tertiary alicyclic amines) is 1. The van der Waals surface area contributed by atoms with Crippen molar-refractivity contribution < 1.29 is 18.7 Å². The third-order valence-corrected chi connectivity index (χ3v) is 6.52. The first-order chi connectivity index (χ1) is 14.0. The molecular formula is C21H23FN4O3. The van der Waals surface area contributed by atoms with E-state index < -0.39 is 5.82 Å². The molecule has 1 atom stereocenters. The number of hydrogen-bond acceptors (Lipinski definition) is 4. The molecule has 152 valence electrons. The normalized spacial score (nSPS) is 26.6. The minimum atomic E-state index is -0.418. The molecule has 1 N–H and O–H groups in total. The third kappa shape index (κ3) is 2.93. The fourth-order valence-corrected chi connectivity index (χ4v) is 4.81. The fraction of sp³-hybridized carbons (Fsp3) is 0.476. The van der Waals surface area contributed by atoms with Crippen LogP contribution in [-0.2, 0) is 15.1 Å².